The van der Waals surface area contributed by atoms with E-state index in [4.69, 9.17) is 5.11 Å². The first kappa shape index (κ1) is 20.0. The first-order valence-corrected chi connectivity index (χ1v) is 9.20. The van der Waals surface area contributed by atoms with Gasteiger partial charge in [-0.15, -0.1) is 0 Å². The van der Waals surface area contributed by atoms with E-state index in [0.29, 0.717) is 12.8 Å². The summed E-state index contributed by atoms with van der Waals surface area (Å²) in [6.45, 7) is 0. The summed E-state index contributed by atoms with van der Waals surface area (Å²) in [5, 5.41) is 8.61. The molecule has 0 spiro atoms. The molecule has 2 atom stereocenters. The second-order valence-electron chi connectivity index (χ2n) is 6.83. The van der Waals surface area contributed by atoms with Crippen LogP contribution in [0.25, 0.3) is 0 Å². The van der Waals surface area contributed by atoms with E-state index in [0.717, 1.165) is 32.1 Å². The summed E-state index contributed by atoms with van der Waals surface area (Å²) in [7, 11) is 0. The van der Waals surface area contributed by atoms with Crippen LogP contribution < -0.4 is 0 Å². The summed E-state index contributed by atoms with van der Waals surface area (Å²) >= 11 is 0. The number of carboxylic acids is 1. The maximum atomic E-state index is 13.7. The van der Waals surface area contributed by atoms with Gasteiger partial charge in [-0.25, -0.2) is 4.39 Å². The third-order valence-electron chi connectivity index (χ3n) is 4.94. The van der Waals surface area contributed by atoms with E-state index in [2.05, 4.69) is 0 Å². The van der Waals surface area contributed by atoms with Gasteiger partial charge in [-0.1, -0.05) is 37.5 Å². The summed E-state index contributed by atoms with van der Waals surface area (Å²) in [6, 6.07) is 5.87. The summed E-state index contributed by atoms with van der Waals surface area (Å²) in [5.74, 6) is -1.53. The molecule has 1 N–H and O–H groups in total. The van der Waals surface area contributed by atoms with Crippen molar-refractivity contribution in [2.75, 3.05) is 0 Å². The van der Waals surface area contributed by atoms with E-state index in [1.165, 1.54) is 24.3 Å². The number of ketones is 2. The molecule has 0 bridgehead atoms. The highest BCUT2D eigenvalue weighted by atomic mass is 19.1. The molecule has 0 radical (unpaired) electrons. The Morgan fingerprint density at radius 1 is 1.15 bits per heavy atom. The third-order valence-corrected chi connectivity index (χ3v) is 4.94. The fourth-order valence-corrected chi connectivity index (χ4v) is 3.50. The van der Waals surface area contributed by atoms with E-state index >= 15 is 0 Å². The normalized spacial score (nSPS) is 20.0. The average molecular weight is 360 g/mol. The number of rotatable bonds is 10. The standard InChI is InChI=1S/C21H25FO4/c22-18-9-6-5-8-17(18)20(24)14-12-15-11-13-19(23)16(15)7-3-1-2-4-10-21(25)26/h5-6,8-9,12,14-16H,1-4,7,10-11,13H2,(H,25,26). The summed E-state index contributed by atoms with van der Waals surface area (Å²) in [5.41, 5.74) is 0.0445. The molecule has 1 aliphatic carbocycles. The number of carbonyl (C=O) groups excluding carboxylic acids is 2. The molecule has 0 saturated heterocycles. The minimum Gasteiger partial charge on any atom is -0.481 e. The Balaban J connectivity index is 1.84. The molecule has 1 fully saturated rings. The van der Waals surface area contributed by atoms with Gasteiger partial charge in [-0.05, 0) is 43.4 Å². The summed E-state index contributed by atoms with van der Waals surface area (Å²) in [4.78, 5) is 34.7. The molecule has 4 nitrogen and oxygen atoms in total. The molecule has 1 aromatic rings. The fourth-order valence-electron chi connectivity index (χ4n) is 3.50. The van der Waals surface area contributed by atoms with Crippen molar-refractivity contribution in [2.45, 2.75) is 51.4 Å². The van der Waals surface area contributed by atoms with Crippen molar-refractivity contribution >= 4 is 17.5 Å². The van der Waals surface area contributed by atoms with E-state index < -0.39 is 11.8 Å². The largest absolute Gasteiger partial charge is 0.481 e. The van der Waals surface area contributed by atoms with E-state index in [9.17, 15) is 18.8 Å². The van der Waals surface area contributed by atoms with Crippen molar-refractivity contribution in [1.29, 1.82) is 0 Å². The van der Waals surface area contributed by atoms with Gasteiger partial charge in [0.1, 0.15) is 11.6 Å². The third kappa shape index (κ3) is 5.90. The van der Waals surface area contributed by atoms with E-state index in [1.54, 1.807) is 12.1 Å². The molecule has 26 heavy (non-hydrogen) atoms. The maximum absolute atomic E-state index is 13.7. The van der Waals surface area contributed by atoms with Crippen LogP contribution in [-0.2, 0) is 9.59 Å². The van der Waals surface area contributed by atoms with Crippen LogP contribution in [0.5, 0.6) is 0 Å². The molecule has 0 aliphatic heterocycles. The van der Waals surface area contributed by atoms with Crippen molar-refractivity contribution < 1.29 is 23.9 Å². The first-order chi connectivity index (χ1) is 12.5. The van der Waals surface area contributed by atoms with E-state index in [-0.39, 0.29) is 35.4 Å². The van der Waals surface area contributed by atoms with Crippen molar-refractivity contribution in [3.05, 3.63) is 47.8 Å². The number of unbranched alkanes of at least 4 members (excludes halogenated alkanes) is 3. The molecule has 0 amide bonds. The lowest BCUT2D eigenvalue weighted by molar-refractivity contribution is -0.137. The van der Waals surface area contributed by atoms with Gasteiger partial charge in [0.25, 0.3) is 0 Å². The lowest BCUT2D eigenvalue weighted by atomic mass is 9.89. The monoisotopic (exact) mass is 360 g/mol. The van der Waals surface area contributed by atoms with Crippen molar-refractivity contribution in [2.24, 2.45) is 11.8 Å². The van der Waals surface area contributed by atoms with Crippen LogP contribution in [0.2, 0.25) is 0 Å². The number of hydrogen-bond acceptors (Lipinski definition) is 3. The predicted molar refractivity (Wildman–Crippen MR) is 96.4 cm³/mol. The Bertz CT molecular complexity index is 680. The van der Waals surface area contributed by atoms with Crippen LogP contribution in [0.1, 0.15) is 61.7 Å². The molecular weight excluding hydrogens is 335 g/mol. The zero-order valence-electron chi connectivity index (χ0n) is 14.8. The second kappa shape index (κ2) is 10.00. The average Bonchev–Trinajstić information content (AvgIpc) is 2.96. The van der Waals surface area contributed by atoms with Gasteiger partial charge in [0.15, 0.2) is 5.78 Å². The smallest absolute Gasteiger partial charge is 0.303 e. The Morgan fingerprint density at radius 3 is 2.62 bits per heavy atom. The molecule has 140 valence electrons. The first-order valence-electron chi connectivity index (χ1n) is 9.20. The molecule has 0 heterocycles. The molecule has 1 aliphatic rings. The number of allylic oxidation sites excluding steroid dienone is 2. The van der Waals surface area contributed by atoms with Gasteiger partial charge in [0.2, 0.25) is 0 Å². The fraction of sp³-hybridized carbons (Fsp3) is 0.476. The van der Waals surface area contributed by atoms with Gasteiger partial charge in [-0.3, -0.25) is 14.4 Å². The number of benzene rings is 1. The van der Waals surface area contributed by atoms with Gasteiger partial charge >= 0.3 is 5.97 Å². The zero-order valence-corrected chi connectivity index (χ0v) is 14.8. The molecule has 2 rings (SSSR count). The number of hydrogen-bond donors (Lipinski definition) is 1. The van der Waals surface area contributed by atoms with Crippen LogP contribution in [0.3, 0.4) is 0 Å². The Labute approximate surface area is 153 Å². The van der Waals surface area contributed by atoms with Gasteiger partial charge in [-0.2, -0.15) is 0 Å². The quantitative estimate of drug-likeness (QED) is 0.376. The van der Waals surface area contributed by atoms with Crippen molar-refractivity contribution in [3.8, 4) is 0 Å². The van der Waals surface area contributed by atoms with Crippen molar-refractivity contribution in [3.63, 3.8) is 0 Å². The minimum absolute atomic E-state index is 0.0252. The molecule has 1 saturated carbocycles. The zero-order chi connectivity index (χ0) is 18.9. The maximum Gasteiger partial charge on any atom is 0.303 e. The number of Topliss-reactive ketones (excluding diaryl/α,β-unsaturated/α-hetero) is 1. The highest BCUT2D eigenvalue weighted by Gasteiger charge is 2.32. The van der Waals surface area contributed by atoms with Crippen LogP contribution in [0.15, 0.2) is 36.4 Å². The van der Waals surface area contributed by atoms with Crippen LogP contribution in [0, 0.1) is 17.7 Å². The summed E-state index contributed by atoms with van der Waals surface area (Å²) < 4.78 is 13.7. The molecule has 0 aromatic heterocycles. The van der Waals surface area contributed by atoms with Gasteiger partial charge < -0.3 is 5.11 Å². The van der Waals surface area contributed by atoms with Crippen molar-refractivity contribution in [1.82, 2.24) is 0 Å². The Hall–Kier alpha value is -2.30. The lowest BCUT2D eigenvalue weighted by Crippen LogP contribution is -2.13. The number of carboxylic acid groups (broad SMARTS) is 1. The van der Waals surface area contributed by atoms with Crippen LogP contribution in [-0.4, -0.2) is 22.6 Å². The van der Waals surface area contributed by atoms with E-state index in [1.807, 2.05) is 0 Å². The highest BCUT2D eigenvalue weighted by molar-refractivity contribution is 6.04. The topological polar surface area (TPSA) is 71.4 Å². The molecule has 1 aromatic carbocycles. The number of halogens is 1. The predicted octanol–water partition coefficient (Wildman–Crippen LogP) is 4.59. The molecular formula is C21H25FO4. The highest BCUT2D eigenvalue weighted by Crippen LogP contribution is 2.34. The second-order valence-corrected chi connectivity index (χ2v) is 6.83. The Kier molecular flexibility index (Phi) is 7.70. The minimum atomic E-state index is -0.777. The molecule has 2 unspecified atom stereocenters. The summed E-state index contributed by atoms with van der Waals surface area (Å²) in [6.07, 6.45) is 8.63. The number of aliphatic carboxylic acids is 1. The SMILES string of the molecule is O=C(O)CCCCCCC1C(=O)CCC1C=CC(=O)c1ccccc1F. The van der Waals surface area contributed by atoms with Gasteiger partial charge in [0, 0.05) is 18.8 Å². The van der Waals surface area contributed by atoms with Crippen LogP contribution >= 0.6 is 0 Å². The van der Waals surface area contributed by atoms with Crippen LogP contribution in [0.4, 0.5) is 4.39 Å². The number of carbonyl (C=O) groups is 3. The van der Waals surface area contributed by atoms with Gasteiger partial charge in [0.05, 0.1) is 5.56 Å². The molecule has 5 heteroatoms. The Morgan fingerprint density at radius 2 is 1.88 bits per heavy atom. The lowest BCUT2D eigenvalue weighted by Gasteiger charge is -2.14.